The van der Waals surface area contributed by atoms with E-state index in [2.05, 4.69) is 35.0 Å². The van der Waals surface area contributed by atoms with Crippen molar-refractivity contribution in [1.29, 1.82) is 0 Å². The van der Waals surface area contributed by atoms with Gasteiger partial charge >= 0.3 is 0 Å². The third-order valence-electron chi connectivity index (χ3n) is 6.43. The topological polar surface area (TPSA) is 49.4 Å². The van der Waals surface area contributed by atoms with E-state index < -0.39 is 0 Å². The second-order valence-electron chi connectivity index (χ2n) is 8.62. The van der Waals surface area contributed by atoms with E-state index in [-0.39, 0.29) is 23.8 Å². The van der Waals surface area contributed by atoms with Gasteiger partial charge in [-0.05, 0) is 73.1 Å². The van der Waals surface area contributed by atoms with Crippen molar-refractivity contribution in [1.82, 2.24) is 10.2 Å². The summed E-state index contributed by atoms with van der Waals surface area (Å²) < 4.78 is 0. The summed E-state index contributed by atoms with van der Waals surface area (Å²) in [6.45, 7) is 3.35. The van der Waals surface area contributed by atoms with Crippen molar-refractivity contribution in [2.75, 3.05) is 13.1 Å². The van der Waals surface area contributed by atoms with Crippen LogP contribution in [0.3, 0.4) is 0 Å². The molecule has 1 aromatic carbocycles. The molecule has 30 heavy (non-hydrogen) atoms. The highest BCUT2D eigenvalue weighted by Crippen LogP contribution is 2.31. The fourth-order valence-corrected chi connectivity index (χ4v) is 5.56. The van der Waals surface area contributed by atoms with E-state index in [1.165, 1.54) is 29.5 Å². The second-order valence-corrected chi connectivity index (χ2v) is 9.60. The molecule has 1 N–H and O–H groups in total. The van der Waals surface area contributed by atoms with E-state index in [4.69, 9.17) is 0 Å². The van der Waals surface area contributed by atoms with E-state index >= 15 is 0 Å². The minimum atomic E-state index is -0.125. The number of hydrogen-bond donors (Lipinski definition) is 1. The number of thiophene rings is 1. The van der Waals surface area contributed by atoms with Crippen LogP contribution < -0.4 is 5.32 Å². The average molecular weight is 425 g/mol. The molecule has 4 rings (SSSR count). The Bertz CT molecular complexity index is 877. The van der Waals surface area contributed by atoms with Crippen molar-refractivity contribution < 1.29 is 9.59 Å². The van der Waals surface area contributed by atoms with Crippen LogP contribution in [-0.4, -0.2) is 29.8 Å². The number of hydrogen-bond acceptors (Lipinski definition) is 3. The van der Waals surface area contributed by atoms with Gasteiger partial charge in [0.25, 0.3) is 0 Å². The van der Waals surface area contributed by atoms with Crippen LogP contribution in [0.1, 0.15) is 73.1 Å². The van der Waals surface area contributed by atoms with E-state index in [0.717, 1.165) is 43.5 Å². The number of piperidine rings is 1. The summed E-state index contributed by atoms with van der Waals surface area (Å²) in [5, 5.41) is 5.41. The molecule has 1 fully saturated rings. The Morgan fingerprint density at radius 3 is 2.77 bits per heavy atom. The van der Waals surface area contributed by atoms with Gasteiger partial charge in [0.15, 0.2) is 0 Å². The summed E-state index contributed by atoms with van der Waals surface area (Å²) in [5.74, 6) is 0.124. The lowest BCUT2D eigenvalue weighted by Gasteiger charge is -2.33. The van der Waals surface area contributed by atoms with Crippen LogP contribution in [0.15, 0.2) is 35.7 Å². The van der Waals surface area contributed by atoms with Gasteiger partial charge in [0.1, 0.15) is 0 Å². The lowest BCUT2D eigenvalue weighted by atomic mass is 9.88. The summed E-state index contributed by atoms with van der Waals surface area (Å²) >= 11 is 1.68. The molecule has 1 aromatic heterocycles. The number of nitrogens with zero attached hydrogens (tertiary/aromatic N) is 1. The van der Waals surface area contributed by atoms with E-state index in [9.17, 15) is 9.59 Å². The summed E-state index contributed by atoms with van der Waals surface area (Å²) in [5.41, 5.74) is 4.06. The summed E-state index contributed by atoms with van der Waals surface area (Å²) in [6.07, 6.45) is 7.98. The maximum Gasteiger partial charge on any atom is 0.225 e. The molecule has 2 aromatic rings. The fourth-order valence-electron chi connectivity index (χ4n) is 4.76. The molecule has 2 atom stereocenters. The zero-order valence-electron chi connectivity index (χ0n) is 17.9. The lowest BCUT2D eigenvalue weighted by Crippen LogP contribution is -2.46. The van der Waals surface area contributed by atoms with E-state index in [1.54, 1.807) is 11.3 Å². The maximum absolute atomic E-state index is 13.2. The molecular weight excluding hydrogens is 392 g/mol. The molecule has 0 saturated carbocycles. The number of benzene rings is 1. The van der Waals surface area contributed by atoms with Crippen LogP contribution in [0.25, 0.3) is 0 Å². The Morgan fingerprint density at radius 1 is 1.17 bits per heavy atom. The molecule has 4 nitrogen and oxygen atoms in total. The Kier molecular flexibility index (Phi) is 6.88. The molecule has 160 valence electrons. The van der Waals surface area contributed by atoms with Crippen molar-refractivity contribution in [3.05, 3.63) is 57.3 Å². The van der Waals surface area contributed by atoms with Gasteiger partial charge in [-0.25, -0.2) is 0 Å². The van der Waals surface area contributed by atoms with Gasteiger partial charge < -0.3 is 10.2 Å². The minimum Gasteiger partial charge on any atom is -0.344 e. The standard InChI is InChI=1S/C25H32N2O2S/c1-2-7-23(28)27-14-5-10-21(17-27)25(29)26-24(22-11-6-15-30-22)20-13-12-18-8-3-4-9-19(18)16-20/h6,11-13,15-16,21,24H,2-5,7-10,14,17H2,1H3,(H,26,29). The molecule has 1 aliphatic carbocycles. The van der Waals surface area contributed by atoms with E-state index in [1.807, 2.05) is 17.9 Å². The molecule has 2 amide bonds. The Hall–Kier alpha value is -2.14. The predicted octanol–water partition coefficient (Wildman–Crippen LogP) is 4.87. The van der Waals surface area contributed by atoms with Crippen LogP contribution in [0.5, 0.6) is 0 Å². The zero-order valence-corrected chi connectivity index (χ0v) is 18.7. The van der Waals surface area contributed by atoms with Crippen molar-refractivity contribution in [3.8, 4) is 0 Å². The molecule has 1 saturated heterocycles. The first-order valence-electron chi connectivity index (χ1n) is 11.4. The summed E-state index contributed by atoms with van der Waals surface area (Å²) in [4.78, 5) is 28.6. The average Bonchev–Trinajstić information content (AvgIpc) is 3.32. The van der Waals surface area contributed by atoms with Crippen molar-refractivity contribution in [3.63, 3.8) is 0 Å². The number of nitrogens with one attached hydrogen (secondary N) is 1. The molecule has 5 heteroatoms. The van der Waals surface area contributed by atoms with Gasteiger partial charge in [0.2, 0.25) is 11.8 Å². The molecule has 2 heterocycles. The first kappa shape index (κ1) is 21.1. The third-order valence-corrected chi connectivity index (χ3v) is 7.37. The quantitative estimate of drug-likeness (QED) is 0.719. The summed E-state index contributed by atoms with van der Waals surface area (Å²) in [6, 6.07) is 10.8. The Labute approximate surface area is 183 Å². The van der Waals surface area contributed by atoms with Crippen LogP contribution in [-0.2, 0) is 22.4 Å². The molecule has 2 aliphatic rings. The first-order chi connectivity index (χ1) is 14.7. The number of amides is 2. The molecule has 2 unspecified atom stereocenters. The zero-order chi connectivity index (χ0) is 20.9. The number of likely N-dealkylation sites (tertiary alicyclic amines) is 1. The highest BCUT2D eigenvalue weighted by atomic mass is 32.1. The van der Waals surface area contributed by atoms with Gasteiger partial charge in [0, 0.05) is 24.4 Å². The van der Waals surface area contributed by atoms with Crippen LogP contribution in [0.4, 0.5) is 0 Å². The molecular formula is C25H32N2O2S. The predicted molar refractivity (Wildman–Crippen MR) is 122 cm³/mol. The normalized spacial score (nSPS) is 19.8. The lowest BCUT2D eigenvalue weighted by molar-refractivity contribution is -0.135. The van der Waals surface area contributed by atoms with Gasteiger partial charge in [-0.3, -0.25) is 9.59 Å². The minimum absolute atomic E-state index is 0.0696. The number of fused-ring (bicyclic) bond motifs is 1. The summed E-state index contributed by atoms with van der Waals surface area (Å²) in [7, 11) is 0. The van der Waals surface area contributed by atoms with Gasteiger partial charge in [0.05, 0.1) is 12.0 Å². The van der Waals surface area contributed by atoms with Crippen LogP contribution >= 0.6 is 11.3 Å². The number of rotatable bonds is 6. The first-order valence-corrected chi connectivity index (χ1v) is 12.3. The highest BCUT2D eigenvalue weighted by molar-refractivity contribution is 7.10. The molecule has 1 aliphatic heterocycles. The number of aryl methyl sites for hydroxylation is 2. The maximum atomic E-state index is 13.2. The fraction of sp³-hybridized carbons (Fsp3) is 0.520. The molecule has 0 radical (unpaired) electrons. The van der Waals surface area contributed by atoms with Crippen molar-refractivity contribution in [2.24, 2.45) is 5.92 Å². The SMILES string of the molecule is CCCC(=O)N1CCCC(C(=O)NC(c2ccc3c(c2)CCCC3)c2cccs2)C1. The van der Waals surface area contributed by atoms with Crippen LogP contribution in [0, 0.1) is 5.92 Å². The van der Waals surface area contributed by atoms with Gasteiger partial charge in [-0.2, -0.15) is 0 Å². The highest BCUT2D eigenvalue weighted by Gasteiger charge is 2.30. The molecule has 0 bridgehead atoms. The van der Waals surface area contributed by atoms with Crippen molar-refractivity contribution >= 4 is 23.2 Å². The van der Waals surface area contributed by atoms with Gasteiger partial charge in [-0.1, -0.05) is 31.2 Å². The Balaban J connectivity index is 1.51. The Morgan fingerprint density at radius 2 is 2.00 bits per heavy atom. The number of carbonyl (C=O) groups excluding carboxylic acids is 2. The van der Waals surface area contributed by atoms with E-state index in [0.29, 0.717) is 13.0 Å². The van der Waals surface area contributed by atoms with Gasteiger partial charge in [-0.15, -0.1) is 11.3 Å². The largest absolute Gasteiger partial charge is 0.344 e. The van der Waals surface area contributed by atoms with Crippen LogP contribution in [0.2, 0.25) is 0 Å². The molecule has 0 spiro atoms. The third kappa shape index (κ3) is 4.77. The number of carbonyl (C=O) groups is 2. The smallest absolute Gasteiger partial charge is 0.225 e. The second kappa shape index (κ2) is 9.78. The monoisotopic (exact) mass is 424 g/mol. The van der Waals surface area contributed by atoms with Crippen molar-refractivity contribution in [2.45, 2.75) is 64.3 Å².